The number of nitrogens with zero attached hydrogens (tertiary/aromatic N) is 3. The van der Waals surface area contributed by atoms with Gasteiger partial charge in [0.1, 0.15) is 12.1 Å². The lowest BCUT2D eigenvalue weighted by atomic mass is 10.4. The molecule has 1 aromatic heterocycles. The zero-order valence-corrected chi connectivity index (χ0v) is 8.44. The first-order valence-corrected chi connectivity index (χ1v) is 5.27. The van der Waals surface area contributed by atoms with Crippen LogP contribution in [0.1, 0.15) is 4.88 Å². The minimum absolute atomic E-state index is 0.765. The first-order valence-electron chi connectivity index (χ1n) is 4.39. The maximum absolute atomic E-state index is 8.44. The smallest absolute Gasteiger partial charge is 0.146 e. The summed E-state index contributed by atoms with van der Waals surface area (Å²) in [6.45, 7) is 2.54. The monoisotopic (exact) mass is 209 g/mol. The quantitative estimate of drug-likeness (QED) is 0.465. The van der Waals surface area contributed by atoms with Crippen molar-refractivity contribution in [2.75, 3.05) is 13.1 Å². The molecule has 0 spiro atoms. The highest BCUT2D eigenvalue weighted by Gasteiger charge is 2.15. The number of hydrogen-bond donors (Lipinski definition) is 1. The van der Waals surface area contributed by atoms with Crippen LogP contribution in [0.2, 0.25) is 0 Å². The minimum atomic E-state index is 0.765. The van der Waals surface area contributed by atoms with Gasteiger partial charge in [0.15, 0.2) is 0 Å². The summed E-state index contributed by atoms with van der Waals surface area (Å²) in [7, 11) is 0. The summed E-state index contributed by atoms with van der Waals surface area (Å²) < 4.78 is 0. The minimum Gasteiger partial charge on any atom is -0.411 e. The summed E-state index contributed by atoms with van der Waals surface area (Å²) in [6, 6.07) is 4.13. The molecule has 1 aliphatic heterocycles. The van der Waals surface area contributed by atoms with Crippen molar-refractivity contribution < 1.29 is 5.21 Å². The maximum Gasteiger partial charge on any atom is 0.146 e. The molecule has 4 nitrogen and oxygen atoms in total. The molecule has 0 fully saturated rings. The fourth-order valence-electron chi connectivity index (χ4n) is 1.42. The van der Waals surface area contributed by atoms with Gasteiger partial charge in [-0.1, -0.05) is 11.2 Å². The summed E-state index contributed by atoms with van der Waals surface area (Å²) in [6.07, 6.45) is 1.39. The molecule has 1 aliphatic rings. The summed E-state index contributed by atoms with van der Waals surface area (Å²) in [5, 5.41) is 13.5. The van der Waals surface area contributed by atoms with E-state index in [1.165, 1.54) is 11.1 Å². The second-order valence-corrected chi connectivity index (χ2v) is 4.02. The van der Waals surface area contributed by atoms with Gasteiger partial charge in [-0.25, -0.2) is 0 Å². The Morgan fingerprint density at radius 3 is 3.36 bits per heavy atom. The Morgan fingerprint density at radius 1 is 1.71 bits per heavy atom. The molecule has 1 aromatic rings. The third kappa shape index (κ3) is 1.93. The molecule has 2 rings (SSSR count). The van der Waals surface area contributed by atoms with Gasteiger partial charge in [0.25, 0.3) is 0 Å². The maximum atomic E-state index is 8.44. The number of rotatable bonds is 3. The van der Waals surface area contributed by atoms with E-state index in [0.29, 0.717) is 0 Å². The van der Waals surface area contributed by atoms with Crippen molar-refractivity contribution in [2.45, 2.75) is 6.54 Å². The molecular formula is C9H11N3OS. The van der Waals surface area contributed by atoms with Crippen LogP contribution in [0.15, 0.2) is 27.7 Å². The largest absolute Gasteiger partial charge is 0.411 e. The van der Waals surface area contributed by atoms with Crippen molar-refractivity contribution in [1.82, 2.24) is 4.90 Å². The molecule has 0 saturated heterocycles. The van der Waals surface area contributed by atoms with Crippen LogP contribution in [0.4, 0.5) is 0 Å². The lowest BCUT2D eigenvalue weighted by Crippen LogP contribution is -2.27. The van der Waals surface area contributed by atoms with E-state index in [2.05, 4.69) is 26.5 Å². The normalized spacial score (nSPS) is 16.6. The van der Waals surface area contributed by atoms with E-state index in [1.54, 1.807) is 11.3 Å². The van der Waals surface area contributed by atoms with Gasteiger partial charge in [0, 0.05) is 11.4 Å². The van der Waals surface area contributed by atoms with Crippen LogP contribution in [0.5, 0.6) is 0 Å². The van der Waals surface area contributed by atoms with Gasteiger partial charge in [-0.3, -0.25) is 4.99 Å². The molecule has 0 radical (unpaired) electrons. The van der Waals surface area contributed by atoms with Crippen LogP contribution in [-0.2, 0) is 6.54 Å². The highest BCUT2D eigenvalue weighted by molar-refractivity contribution is 7.09. The van der Waals surface area contributed by atoms with E-state index in [1.807, 2.05) is 6.07 Å². The summed E-state index contributed by atoms with van der Waals surface area (Å²) in [5.41, 5.74) is 0. The van der Waals surface area contributed by atoms with E-state index in [0.717, 1.165) is 25.5 Å². The number of oxime groups is 1. The third-order valence-electron chi connectivity index (χ3n) is 2.07. The SMILES string of the molecule is O/N=C/C1=NCCN1Cc1cccs1. The van der Waals surface area contributed by atoms with E-state index in [9.17, 15) is 0 Å². The van der Waals surface area contributed by atoms with E-state index < -0.39 is 0 Å². The number of amidine groups is 1. The molecule has 0 atom stereocenters. The molecule has 5 heteroatoms. The molecule has 14 heavy (non-hydrogen) atoms. The molecule has 0 aromatic carbocycles. The standard InChI is InChI=1S/C9H11N3OS/c13-11-6-9-10-3-4-12(9)7-8-2-1-5-14-8/h1-2,5-6,13H,3-4,7H2/b11-6+. The average Bonchev–Trinajstić information content (AvgIpc) is 2.80. The van der Waals surface area contributed by atoms with Crippen molar-refractivity contribution in [2.24, 2.45) is 10.1 Å². The lowest BCUT2D eigenvalue weighted by Gasteiger charge is -2.16. The topological polar surface area (TPSA) is 48.2 Å². The van der Waals surface area contributed by atoms with Gasteiger partial charge < -0.3 is 10.1 Å². The van der Waals surface area contributed by atoms with E-state index >= 15 is 0 Å². The van der Waals surface area contributed by atoms with Gasteiger partial charge in [-0.05, 0) is 11.4 Å². The van der Waals surface area contributed by atoms with Gasteiger partial charge in [0.05, 0.1) is 13.1 Å². The number of aliphatic imine (C=N–C) groups is 1. The van der Waals surface area contributed by atoms with Crippen molar-refractivity contribution in [3.05, 3.63) is 22.4 Å². The summed E-state index contributed by atoms with van der Waals surface area (Å²) in [5.74, 6) is 0.765. The number of hydrogen-bond acceptors (Lipinski definition) is 5. The van der Waals surface area contributed by atoms with Crippen molar-refractivity contribution in [3.8, 4) is 0 Å². The first-order chi connectivity index (χ1) is 6.90. The van der Waals surface area contributed by atoms with Crippen LogP contribution >= 0.6 is 11.3 Å². The molecule has 0 unspecified atom stereocenters. The Labute approximate surface area is 86.2 Å². The van der Waals surface area contributed by atoms with Crippen molar-refractivity contribution >= 4 is 23.4 Å². The van der Waals surface area contributed by atoms with Crippen LogP contribution in [-0.4, -0.2) is 35.2 Å². The first kappa shape index (κ1) is 9.21. The molecule has 74 valence electrons. The fourth-order valence-corrected chi connectivity index (χ4v) is 2.14. The van der Waals surface area contributed by atoms with Crippen molar-refractivity contribution in [1.29, 1.82) is 0 Å². The Bertz CT molecular complexity index is 345. The second-order valence-electron chi connectivity index (χ2n) is 2.99. The van der Waals surface area contributed by atoms with Gasteiger partial charge in [0.2, 0.25) is 0 Å². The molecule has 1 N–H and O–H groups in total. The molecular weight excluding hydrogens is 198 g/mol. The van der Waals surface area contributed by atoms with Crippen LogP contribution in [0, 0.1) is 0 Å². The Balaban J connectivity index is 2.02. The molecule has 2 heterocycles. The molecule has 0 saturated carbocycles. The van der Waals surface area contributed by atoms with E-state index in [-0.39, 0.29) is 0 Å². The van der Waals surface area contributed by atoms with Crippen LogP contribution in [0.3, 0.4) is 0 Å². The molecule has 0 amide bonds. The Hall–Kier alpha value is -1.36. The zero-order valence-electron chi connectivity index (χ0n) is 7.63. The molecule has 0 bridgehead atoms. The zero-order chi connectivity index (χ0) is 9.80. The van der Waals surface area contributed by atoms with Crippen molar-refractivity contribution in [3.63, 3.8) is 0 Å². The van der Waals surface area contributed by atoms with Crippen LogP contribution in [0.25, 0.3) is 0 Å². The predicted molar refractivity (Wildman–Crippen MR) is 57.3 cm³/mol. The van der Waals surface area contributed by atoms with Gasteiger partial charge in [-0.15, -0.1) is 11.3 Å². The van der Waals surface area contributed by atoms with Gasteiger partial charge in [-0.2, -0.15) is 0 Å². The number of thiophene rings is 1. The summed E-state index contributed by atoms with van der Waals surface area (Å²) in [4.78, 5) is 7.63. The highest BCUT2D eigenvalue weighted by Crippen LogP contribution is 2.13. The van der Waals surface area contributed by atoms with Gasteiger partial charge >= 0.3 is 0 Å². The third-order valence-corrected chi connectivity index (χ3v) is 2.93. The Morgan fingerprint density at radius 2 is 2.64 bits per heavy atom. The molecule has 0 aliphatic carbocycles. The second kappa shape index (κ2) is 4.23. The predicted octanol–water partition coefficient (Wildman–Crippen LogP) is 1.42. The Kier molecular flexibility index (Phi) is 2.78. The van der Waals surface area contributed by atoms with Crippen LogP contribution < -0.4 is 0 Å². The van der Waals surface area contributed by atoms with E-state index in [4.69, 9.17) is 5.21 Å². The lowest BCUT2D eigenvalue weighted by molar-refractivity contribution is 0.321. The fraction of sp³-hybridized carbons (Fsp3) is 0.333. The average molecular weight is 209 g/mol. The highest BCUT2D eigenvalue weighted by atomic mass is 32.1. The summed E-state index contributed by atoms with van der Waals surface area (Å²) >= 11 is 1.73.